The summed E-state index contributed by atoms with van der Waals surface area (Å²) in [6.45, 7) is 7.33. The summed E-state index contributed by atoms with van der Waals surface area (Å²) in [5.41, 5.74) is 0. The van der Waals surface area contributed by atoms with Crippen LogP contribution in [0.2, 0.25) is 0 Å². The van der Waals surface area contributed by atoms with Crippen LogP contribution in [0.25, 0.3) is 0 Å². The van der Waals surface area contributed by atoms with Gasteiger partial charge in [0.05, 0.1) is 18.6 Å². The molecular formula is C14H20O2. The molecule has 0 amide bonds. The minimum absolute atomic E-state index is 0.417. The third-order valence-corrected chi connectivity index (χ3v) is 4.92. The summed E-state index contributed by atoms with van der Waals surface area (Å²) in [7, 11) is 0. The summed E-state index contributed by atoms with van der Waals surface area (Å²) in [5, 5.41) is 0. The molecule has 2 nitrogen and oxygen atoms in total. The van der Waals surface area contributed by atoms with Crippen LogP contribution in [-0.4, -0.2) is 12.2 Å². The molecule has 3 saturated carbocycles. The minimum Gasteiger partial charge on any atom is -0.499 e. The van der Waals surface area contributed by atoms with E-state index in [1.54, 1.807) is 12.5 Å². The molecule has 6 unspecified atom stereocenters. The van der Waals surface area contributed by atoms with Crippen LogP contribution in [-0.2, 0) is 9.47 Å². The van der Waals surface area contributed by atoms with Crippen LogP contribution in [0, 0.1) is 23.7 Å². The zero-order valence-corrected chi connectivity index (χ0v) is 9.68. The second-order valence-corrected chi connectivity index (χ2v) is 5.46. The van der Waals surface area contributed by atoms with Crippen molar-refractivity contribution < 1.29 is 9.47 Å². The van der Waals surface area contributed by atoms with Gasteiger partial charge in [-0.25, -0.2) is 0 Å². The molecule has 0 radical (unpaired) electrons. The van der Waals surface area contributed by atoms with E-state index in [1.807, 2.05) is 0 Å². The fraction of sp³-hybridized carbons (Fsp3) is 0.714. The molecule has 0 aromatic rings. The first kappa shape index (κ1) is 10.2. The summed E-state index contributed by atoms with van der Waals surface area (Å²) >= 11 is 0. The van der Waals surface area contributed by atoms with Gasteiger partial charge in [0.15, 0.2) is 0 Å². The topological polar surface area (TPSA) is 18.5 Å². The normalized spacial score (nSPS) is 48.8. The van der Waals surface area contributed by atoms with Crippen LogP contribution in [0.5, 0.6) is 0 Å². The van der Waals surface area contributed by atoms with Crippen LogP contribution in [0.3, 0.4) is 0 Å². The number of ether oxygens (including phenoxy) is 2. The third-order valence-electron chi connectivity index (χ3n) is 4.92. The van der Waals surface area contributed by atoms with Crippen molar-refractivity contribution in [1.29, 1.82) is 0 Å². The van der Waals surface area contributed by atoms with Crippen molar-refractivity contribution in [3.63, 3.8) is 0 Å². The molecule has 88 valence electrons. The zero-order valence-electron chi connectivity index (χ0n) is 9.68. The molecule has 2 bridgehead atoms. The van der Waals surface area contributed by atoms with E-state index in [0.717, 1.165) is 23.7 Å². The molecule has 16 heavy (non-hydrogen) atoms. The number of hydrogen-bond acceptors (Lipinski definition) is 2. The van der Waals surface area contributed by atoms with Gasteiger partial charge in [-0.1, -0.05) is 13.2 Å². The second-order valence-electron chi connectivity index (χ2n) is 5.46. The van der Waals surface area contributed by atoms with Gasteiger partial charge < -0.3 is 9.47 Å². The van der Waals surface area contributed by atoms with E-state index in [9.17, 15) is 0 Å². The quantitative estimate of drug-likeness (QED) is 0.678. The molecule has 3 aliphatic carbocycles. The Morgan fingerprint density at radius 3 is 2.31 bits per heavy atom. The highest BCUT2D eigenvalue weighted by atomic mass is 16.5. The lowest BCUT2D eigenvalue weighted by Gasteiger charge is -2.30. The first-order valence-corrected chi connectivity index (χ1v) is 6.36. The largest absolute Gasteiger partial charge is 0.499 e. The van der Waals surface area contributed by atoms with Gasteiger partial charge in [-0.05, 0) is 49.4 Å². The predicted molar refractivity (Wildman–Crippen MR) is 62.6 cm³/mol. The lowest BCUT2D eigenvalue weighted by Crippen LogP contribution is -2.29. The van der Waals surface area contributed by atoms with Crippen molar-refractivity contribution in [1.82, 2.24) is 0 Å². The van der Waals surface area contributed by atoms with Gasteiger partial charge in [-0.15, -0.1) is 0 Å². The maximum atomic E-state index is 5.64. The number of rotatable bonds is 4. The number of hydrogen-bond donors (Lipinski definition) is 0. The van der Waals surface area contributed by atoms with Gasteiger partial charge in [0.2, 0.25) is 0 Å². The summed E-state index contributed by atoms with van der Waals surface area (Å²) in [4.78, 5) is 0. The molecule has 3 aliphatic rings. The van der Waals surface area contributed by atoms with E-state index in [0.29, 0.717) is 12.2 Å². The van der Waals surface area contributed by atoms with Crippen LogP contribution >= 0.6 is 0 Å². The average Bonchev–Trinajstić information content (AvgIpc) is 2.88. The Kier molecular flexibility index (Phi) is 2.45. The average molecular weight is 220 g/mol. The third kappa shape index (κ3) is 1.39. The van der Waals surface area contributed by atoms with E-state index >= 15 is 0 Å². The first-order chi connectivity index (χ1) is 7.83. The Bertz CT molecular complexity index is 299. The predicted octanol–water partition coefficient (Wildman–Crippen LogP) is 3.11. The Labute approximate surface area is 97.3 Å². The molecule has 0 aromatic carbocycles. The molecule has 0 aliphatic heterocycles. The van der Waals surface area contributed by atoms with Crippen molar-refractivity contribution in [2.75, 3.05) is 0 Å². The lowest BCUT2D eigenvalue weighted by molar-refractivity contribution is 0.0483. The van der Waals surface area contributed by atoms with E-state index in [2.05, 4.69) is 13.2 Å². The van der Waals surface area contributed by atoms with Gasteiger partial charge in [0.1, 0.15) is 6.10 Å². The van der Waals surface area contributed by atoms with Gasteiger partial charge in [0.25, 0.3) is 0 Å². The fourth-order valence-corrected chi connectivity index (χ4v) is 4.49. The van der Waals surface area contributed by atoms with Gasteiger partial charge in [-0.3, -0.25) is 0 Å². The maximum absolute atomic E-state index is 5.64. The highest BCUT2D eigenvalue weighted by Crippen LogP contribution is 2.59. The second kappa shape index (κ2) is 3.83. The van der Waals surface area contributed by atoms with Crippen LogP contribution in [0.1, 0.15) is 25.7 Å². The van der Waals surface area contributed by atoms with E-state index in [-0.39, 0.29) is 0 Å². The summed E-state index contributed by atoms with van der Waals surface area (Å²) in [6.07, 6.45) is 9.12. The van der Waals surface area contributed by atoms with Crippen LogP contribution < -0.4 is 0 Å². The summed E-state index contributed by atoms with van der Waals surface area (Å²) < 4.78 is 11.2. The van der Waals surface area contributed by atoms with Crippen LogP contribution in [0.4, 0.5) is 0 Å². The van der Waals surface area contributed by atoms with E-state index in [4.69, 9.17) is 9.47 Å². The Hall–Kier alpha value is -0.920. The molecule has 0 N–H and O–H groups in total. The summed E-state index contributed by atoms with van der Waals surface area (Å²) in [5.74, 6) is 3.35. The van der Waals surface area contributed by atoms with Gasteiger partial charge in [-0.2, -0.15) is 0 Å². The van der Waals surface area contributed by atoms with E-state index < -0.39 is 0 Å². The Morgan fingerprint density at radius 1 is 0.812 bits per heavy atom. The van der Waals surface area contributed by atoms with Crippen molar-refractivity contribution in [3.05, 3.63) is 25.7 Å². The van der Waals surface area contributed by atoms with Crippen LogP contribution in [0.15, 0.2) is 25.7 Å². The van der Waals surface area contributed by atoms with Crippen molar-refractivity contribution in [3.8, 4) is 0 Å². The molecule has 0 spiro atoms. The Balaban J connectivity index is 1.69. The molecule has 6 atom stereocenters. The standard InChI is InChI=1S/C14H20O2/c1-3-15-10-7-11-9-5-13(12(11)8-10)14(6-9)16-4-2/h3-4,9-14H,1-2,5-8H2. The molecule has 3 rings (SSSR count). The summed E-state index contributed by atoms with van der Waals surface area (Å²) in [6, 6.07) is 0. The molecule has 2 heteroatoms. The first-order valence-electron chi connectivity index (χ1n) is 6.36. The smallest absolute Gasteiger partial charge is 0.101 e. The highest BCUT2D eigenvalue weighted by Gasteiger charge is 2.57. The van der Waals surface area contributed by atoms with Crippen molar-refractivity contribution >= 4 is 0 Å². The number of fused-ring (bicyclic) bond motifs is 5. The maximum Gasteiger partial charge on any atom is 0.101 e. The van der Waals surface area contributed by atoms with Crippen molar-refractivity contribution in [2.45, 2.75) is 37.9 Å². The molecule has 0 heterocycles. The Morgan fingerprint density at radius 2 is 1.56 bits per heavy atom. The highest BCUT2D eigenvalue weighted by molar-refractivity contribution is 5.06. The van der Waals surface area contributed by atoms with Gasteiger partial charge >= 0.3 is 0 Å². The lowest BCUT2D eigenvalue weighted by atomic mass is 9.80. The molecule has 0 saturated heterocycles. The SMILES string of the molecule is C=COC1CC2C3CC(OC=C)C(C3)C2C1. The minimum atomic E-state index is 0.417. The monoisotopic (exact) mass is 220 g/mol. The van der Waals surface area contributed by atoms with Gasteiger partial charge in [0, 0.05) is 0 Å². The van der Waals surface area contributed by atoms with E-state index in [1.165, 1.54) is 25.7 Å². The fourth-order valence-electron chi connectivity index (χ4n) is 4.49. The molecular weight excluding hydrogens is 200 g/mol. The zero-order chi connectivity index (χ0) is 11.1. The molecule has 3 fully saturated rings. The molecule has 0 aromatic heterocycles. The van der Waals surface area contributed by atoms with Crippen molar-refractivity contribution in [2.24, 2.45) is 23.7 Å².